The molecule has 1 aromatic rings. The highest BCUT2D eigenvalue weighted by atomic mass is 35.5. The minimum Gasteiger partial charge on any atom is -0.370 e. The van der Waals surface area contributed by atoms with Crippen molar-refractivity contribution in [2.24, 2.45) is 5.41 Å². The molecule has 3 heteroatoms. The molecule has 0 amide bonds. The molecule has 1 fully saturated rings. The van der Waals surface area contributed by atoms with Crippen molar-refractivity contribution < 1.29 is 4.79 Å². The van der Waals surface area contributed by atoms with Crippen LogP contribution in [-0.4, -0.2) is 18.9 Å². The molecule has 1 saturated heterocycles. The van der Waals surface area contributed by atoms with E-state index in [1.54, 1.807) is 0 Å². The Morgan fingerprint density at radius 3 is 2.75 bits per heavy atom. The van der Waals surface area contributed by atoms with Crippen LogP contribution in [0.15, 0.2) is 24.3 Å². The highest BCUT2D eigenvalue weighted by Crippen LogP contribution is 2.29. The van der Waals surface area contributed by atoms with Gasteiger partial charge in [-0.25, -0.2) is 0 Å². The van der Waals surface area contributed by atoms with E-state index in [1.165, 1.54) is 0 Å². The van der Waals surface area contributed by atoms with Crippen LogP contribution in [-0.2, 0) is 4.79 Å². The van der Waals surface area contributed by atoms with Gasteiger partial charge >= 0.3 is 0 Å². The average Bonchev–Trinajstić information content (AvgIpc) is 2.22. The van der Waals surface area contributed by atoms with Gasteiger partial charge in [0.1, 0.15) is 5.78 Å². The number of hydrogen-bond donors (Lipinski definition) is 0. The lowest BCUT2D eigenvalue weighted by Gasteiger charge is -2.38. The maximum absolute atomic E-state index is 11.7. The summed E-state index contributed by atoms with van der Waals surface area (Å²) in [4.78, 5) is 13.9. The van der Waals surface area contributed by atoms with Gasteiger partial charge in [0.2, 0.25) is 0 Å². The van der Waals surface area contributed by atoms with Gasteiger partial charge in [0.05, 0.1) is 0 Å². The van der Waals surface area contributed by atoms with Crippen molar-refractivity contribution in [3.63, 3.8) is 0 Å². The van der Waals surface area contributed by atoms with E-state index < -0.39 is 0 Å². The summed E-state index contributed by atoms with van der Waals surface area (Å²) in [6.45, 7) is 5.58. The molecule has 2 rings (SSSR count). The quantitative estimate of drug-likeness (QED) is 0.748. The molecule has 1 aromatic carbocycles. The maximum atomic E-state index is 11.7. The molecule has 0 unspecified atom stereocenters. The number of halogens is 1. The van der Waals surface area contributed by atoms with Gasteiger partial charge in [0, 0.05) is 35.6 Å². The number of rotatable bonds is 1. The molecule has 1 aliphatic rings. The molecule has 0 N–H and O–H groups in total. The Labute approximate surface area is 101 Å². The Morgan fingerprint density at radius 2 is 2.12 bits per heavy atom. The molecule has 86 valence electrons. The van der Waals surface area contributed by atoms with Crippen LogP contribution < -0.4 is 4.90 Å². The molecule has 1 aliphatic heterocycles. The fraction of sp³-hybridized carbons (Fsp3) is 0.462. The summed E-state index contributed by atoms with van der Waals surface area (Å²) in [6.07, 6.45) is 0.625. The zero-order valence-corrected chi connectivity index (χ0v) is 10.4. The van der Waals surface area contributed by atoms with Gasteiger partial charge in [-0.15, -0.1) is 0 Å². The van der Waals surface area contributed by atoms with Gasteiger partial charge in [-0.2, -0.15) is 0 Å². The topological polar surface area (TPSA) is 20.3 Å². The van der Waals surface area contributed by atoms with Gasteiger partial charge in [-0.05, 0) is 18.2 Å². The van der Waals surface area contributed by atoms with Crippen LogP contribution in [0.25, 0.3) is 0 Å². The number of carbonyl (C=O) groups is 1. The molecule has 0 radical (unpaired) electrons. The summed E-state index contributed by atoms with van der Waals surface area (Å²) < 4.78 is 0. The SMILES string of the molecule is CC1(C)CN(c2cccc(Cl)c2)CCC1=O. The first-order valence-electron chi connectivity index (χ1n) is 5.53. The third-order valence-corrected chi connectivity index (χ3v) is 3.36. The smallest absolute Gasteiger partial charge is 0.142 e. The van der Waals surface area contributed by atoms with Crippen molar-refractivity contribution in [1.29, 1.82) is 0 Å². The van der Waals surface area contributed by atoms with Crippen molar-refractivity contribution in [3.8, 4) is 0 Å². The summed E-state index contributed by atoms with van der Waals surface area (Å²) >= 11 is 5.97. The Kier molecular flexibility index (Phi) is 2.94. The van der Waals surface area contributed by atoms with Crippen LogP contribution in [0.3, 0.4) is 0 Å². The number of piperidine rings is 1. The van der Waals surface area contributed by atoms with E-state index in [9.17, 15) is 4.79 Å². The molecule has 1 heterocycles. The monoisotopic (exact) mass is 237 g/mol. The molecule has 0 atom stereocenters. The van der Waals surface area contributed by atoms with Gasteiger partial charge in [0.25, 0.3) is 0 Å². The van der Waals surface area contributed by atoms with E-state index in [0.29, 0.717) is 12.2 Å². The van der Waals surface area contributed by atoms with Crippen LogP contribution in [0, 0.1) is 5.41 Å². The number of benzene rings is 1. The Hall–Kier alpha value is -1.02. The van der Waals surface area contributed by atoms with Gasteiger partial charge in [-0.1, -0.05) is 31.5 Å². The molecule has 2 nitrogen and oxygen atoms in total. The molecule has 0 bridgehead atoms. The highest BCUT2D eigenvalue weighted by molar-refractivity contribution is 6.30. The van der Waals surface area contributed by atoms with Crippen LogP contribution in [0.5, 0.6) is 0 Å². The molecule has 0 spiro atoms. The van der Waals surface area contributed by atoms with Gasteiger partial charge < -0.3 is 4.90 Å². The third-order valence-electron chi connectivity index (χ3n) is 3.12. The second kappa shape index (κ2) is 4.10. The lowest BCUT2D eigenvalue weighted by Crippen LogP contribution is -2.46. The normalized spacial score (nSPS) is 19.9. The summed E-state index contributed by atoms with van der Waals surface area (Å²) in [6, 6.07) is 7.80. The molecule has 16 heavy (non-hydrogen) atoms. The molecule has 0 saturated carbocycles. The Bertz CT molecular complexity index is 414. The summed E-state index contributed by atoms with van der Waals surface area (Å²) in [5, 5.41) is 0.743. The molecule has 0 aromatic heterocycles. The number of hydrogen-bond acceptors (Lipinski definition) is 2. The number of ketones is 1. The lowest BCUT2D eigenvalue weighted by molar-refractivity contribution is -0.127. The first kappa shape index (κ1) is 11.5. The Morgan fingerprint density at radius 1 is 1.38 bits per heavy atom. The van der Waals surface area contributed by atoms with Crippen LogP contribution in [0.1, 0.15) is 20.3 Å². The number of carbonyl (C=O) groups excluding carboxylic acids is 1. The zero-order chi connectivity index (χ0) is 11.8. The lowest BCUT2D eigenvalue weighted by atomic mass is 9.82. The van der Waals surface area contributed by atoms with E-state index in [1.807, 2.05) is 38.1 Å². The molecular formula is C13H16ClNO. The summed E-state index contributed by atoms with van der Waals surface area (Å²) in [5.74, 6) is 0.353. The van der Waals surface area contributed by atoms with Crippen LogP contribution in [0.4, 0.5) is 5.69 Å². The van der Waals surface area contributed by atoms with E-state index in [2.05, 4.69) is 4.90 Å². The van der Waals surface area contributed by atoms with Crippen LogP contribution >= 0.6 is 11.6 Å². The number of nitrogens with zero attached hydrogens (tertiary/aromatic N) is 1. The fourth-order valence-corrected chi connectivity index (χ4v) is 2.30. The third kappa shape index (κ3) is 2.22. The largest absolute Gasteiger partial charge is 0.370 e. The van der Waals surface area contributed by atoms with E-state index in [4.69, 9.17) is 11.6 Å². The van der Waals surface area contributed by atoms with E-state index in [0.717, 1.165) is 23.8 Å². The summed E-state index contributed by atoms with van der Waals surface area (Å²) in [5.41, 5.74) is 0.855. The van der Waals surface area contributed by atoms with Crippen LogP contribution in [0.2, 0.25) is 5.02 Å². The second-order valence-electron chi connectivity index (χ2n) is 4.96. The van der Waals surface area contributed by atoms with Crippen molar-refractivity contribution in [2.75, 3.05) is 18.0 Å². The predicted octanol–water partition coefficient (Wildman–Crippen LogP) is 3.15. The Balaban J connectivity index is 2.21. The second-order valence-corrected chi connectivity index (χ2v) is 5.39. The minimum atomic E-state index is -0.249. The number of Topliss-reactive ketones (excluding diaryl/α,β-unsaturated/α-hetero) is 1. The highest BCUT2D eigenvalue weighted by Gasteiger charge is 2.34. The zero-order valence-electron chi connectivity index (χ0n) is 9.66. The first-order valence-corrected chi connectivity index (χ1v) is 5.91. The minimum absolute atomic E-state index is 0.249. The van der Waals surface area contributed by atoms with Crippen molar-refractivity contribution in [3.05, 3.63) is 29.3 Å². The van der Waals surface area contributed by atoms with Gasteiger partial charge in [0.15, 0.2) is 0 Å². The van der Waals surface area contributed by atoms with Crippen molar-refractivity contribution >= 4 is 23.1 Å². The van der Waals surface area contributed by atoms with E-state index >= 15 is 0 Å². The predicted molar refractivity (Wildman–Crippen MR) is 67.1 cm³/mol. The standard InChI is InChI=1S/C13H16ClNO/c1-13(2)9-15(7-6-12(13)16)11-5-3-4-10(14)8-11/h3-5,8H,6-7,9H2,1-2H3. The van der Waals surface area contributed by atoms with Gasteiger partial charge in [-0.3, -0.25) is 4.79 Å². The molecular weight excluding hydrogens is 222 g/mol. The van der Waals surface area contributed by atoms with Crippen molar-refractivity contribution in [1.82, 2.24) is 0 Å². The van der Waals surface area contributed by atoms with Crippen molar-refractivity contribution in [2.45, 2.75) is 20.3 Å². The summed E-state index contributed by atoms with van der Waals surface area (Å²) in [7, 11) is 0. The first-order chi connectivity index (χ1) is 7.49. The fourth-order valence-electron chi connectivity index (χ4n) is 2.11. The van der Waals surface area contributed by atoms with E-state index in [-0.39, 0.29) is 5.41 Å². The average molecular weight is 238 g/mol. The number of anilines is 1. The molecule has 0 aliphatic carbocycles. The maximum Gasteiger partial charge on any atom is 0.142 e.